The Kier molecular flexibility index (Phi) is 10.9. The summed E-state index contributed by atoms with van der Waals surface area (Å²) in [5.74, 6) is -1.06. The van der Waals surface area contributed by atoms with Crippen LogP contribution in [0, 0.1) is 6.92 Å². The zero-order valence-electron chi connectivity index (χ0n) is 28.7. The highest BCUT2D eigenvalue weighted by molar-refractivity contribution is 8.00. The highest BCUT2D eigenvalue weighted by Gasteiger charge is 2.24. The number of nitrogens with zero attached hydrogens (tertiary/aromatic N) is 1. The van der Waals surface area contributed by atoms with Crippen molar-refractivity contribution in [2.75, 3.05) is 10.6 Å². The molecule has 6 aromatic carbocycles. The van der Waals surface area contributed by atoms with Gasteiger partial charge in [0.2, 0.25) is 5.91 Å². The van der Waals surface area contributed by atoms with Crippen molar-refractivity contribution in [1.82, 2.24) is 10.3 Å². The second-order valence-electron chi connectivity index (χ2n) is 12.1. The molecule has 3 N–H and O–H groups in total. The Labute approximate surface area is 315 Å². The summed E-state index contributed by atoms with van der Waals surface area (Å²) in [7, 11) is 0. The minimum absolute atomic E-state index is 0.0994. The quantitative estimate of drug-likeness (QED) is 0.0909. The van der Waals surface area contributed by atoms with Gasteiger partial charge in [0.1, 0.15) is 10.9 Å². The first-order chi connectivity index (χ1) is 25.9. The van der Waals surface area contributed by atoms with Crippen molar-refractivity contribution in [3.05, 3.63) is 185 Å². The maximum absolute atomic E-state index is 13.8. The first-order valence-electron chi connectivity index (χ1n) is 16.9. The first kappa shape index (κ1) is 35.1. The summed E-state index contributed by atoms with van der Waals surface area (Å²) in [4.78, 5) is 47.4. The fraction of sp³-hybridized carbons (Fsp3) is 0.0455. The summed E-state index contributed by atoms with van der Waals surface area (Å²) in [5.41, 5.74) is 4.56. The molecule has 7 nitrogen and oxygen atoms in total. The molecule has 0 aliphatic heterocycles. The molecule has 0 aliphatic rings. The Hall–Kier alpha value is -6.29. The van der Waals surface area contributed by atoms with Gasteiger partial charge in [0.15, 0.2) is 5.13 Å². The van der Waals surface area contributed by atoms with Gasteiger partial charge in [0, 0.05) is 26.6 Å². The molecule has 9 heteroatoms. The molecule has 1 aromatic heterocycles. The van der Waals surface area contributed by atoms with Gasteiger partial charge in [0.25, 0.3) is 11.8 Å². The highest BCUT2D eigenvalue weighted by atomic mass is 32.2. The summed E-state index contributed by atoms with van der Waals surface area (Å²) in [6.45, 7) is 2.00. The Morgan fingerprint density at radius 3 is 2.08 bits per heavy atom. The van der Waals surface area contributed by atoms with Gasteiger partial charge in [-0.15, -0.1) is 23.1 Å². The van der Waals surface area contributed by atoms with Crippen molar-refractivity contribution >= 4 is 68.5 Å². The zero-order chi connectivity index (χ0) is 36.6. The zero-order valence-corrected chi connectivity index (χ0v) is 30.3. The van der Waals surface area contributed by atoms with Crippen LogP contribution in [-0.2, 0) is 9.59 Å². The molecule has 0 radical (unpaired) electrons. The molecule has 3 amide bonds. The number of rotatable bonds is 11. The molecule has 0 saturated heterocycles. The Balaban J connectivity index is 1.10. The molecule has 0 spiro atoms. The van der Waals surface area contributed by atoms with Crippen LogP contribution in [0.1, 0.15) is 31.6 Å². The van der Waals surface area contributed by atoms with Gasteiger partial charge in [-0.1, -0.05) is 121 Å². The van der Waals surface area contributed by atoms with Gasteiger partial charge in [-0.25, -0.2) is 4.98 Å². The predicted octanol–water partition coefficient (Wildman–Crippen LogP) is 10.2. The summed E-state index contributed by atoms with van der Waals surface area (Å²) in [6, 6.07) is 49.3. The molecular formula is C44H34N4O3S2. The van der Waals surface area contributed by atoms with Crippen LogP contribution >= 0.6 is 23.1 Å². The number of amides is 3. The molecule has 0 bridgehead atoms. The number of aryl methyl sites for hydroxylation is 1. The molecule has 0 fully saturated rings. The number of carbonyl (C=O) groups excluding carboxylic acids is 3. The molecule has 7 aromatic rings. The largest absolute Gasteiger partial charge is 0.321 e. The average molecular weight is 731 g/mol. The van der Waals surface area contributed by atoms with Crippen LogP contribution in [0.5, 0.6) is 0 Å². The lowest BCUT2D eigenvalue weighted by Gasteiger charge is -2.17. The lowest BCUT2D eigenvalue weighted by atomic mass is 10.0. The van der Waals surface area contributed by atoms with Crippen LogP contribution in [0.25, 0.3) is 28.1 Å². The number of aromatic nitrogens is 1. The van der Waals surface area contributed by atoms with E-state index in [0.29, 0.717) is 16.4 Å². The van der Waals surface area contributed by atoms with E-state index in [1.807, 2.05) is 128 Å². The van der Waals surface area contributed by atoms with Crippen LogP contribution in [0.3, 0.4) is 0 Å². The molecule has 1 atom stereocenters. The van der Waals surface area contributed by atoms with E-state index >= 15 is 0 Å². The molecule has 0 saturated carbocycles. The van der Waals surface area contributed by atoms with Crippen LogP contribution in [0.15, 0.2) is 168 Å². The summed E-state index contributed by atoms with van der Waals surface area (Å²) in [6.07, 6.45) is 1.69. The van der Waals surface area contributed by atoms with Crippen molar-refractivity contribution in [2.24, 2.45) is 0 Å². The number of benzene rings is 6. The normalized spacial score (nSPS) is 11.8. The van der Waals surface area contributed by atoms with E-state index in [2.05, 4.69) is 16.0 Å². The SMILES string of the molecule is Cc1sc(NC(=O)C(Sc2ccc(NC(=O)/C(=C/c3cccc4ccccc34)NC(=O)c3ccccc3)cc2)c2ccccc2)nc1-c1ccccc1. The van der Waals surface area contributed by atoms with Gasteiger partial charge in [-0.3, -0.25) is 14.4 Å². The van der Waals surface area contributed by atoms with E-state index in [9.17, 15) is 14.4 Å². The topological polar surface area (TPSA) is 100 Å². The van der Waals surface area contributed by atoms with Crippen molar-refractivity contribution in [2.45, 2.75) is 17.1 Å². The number of fused-ring (bicyclic) bond motifs is 1. The number of thiazole rings is 1. The molecule has 53 heavy (non-hydrogen) atoms. The molecule has 7 rings (SSSR count). The van der Waals surface area contributed by atoms with Gasteiger partial charge >= 0.3 is 0 Å². The number of nitrogens with one attached hydrogen (secondary N) is 3. The number of hydrogen-bond donors (Lipinski definition) is 3. The third-order valence-electron chi connectivity index (χ3n) is 8.43. The summed E-state index contributed by atoms with van der Waals surface area (Å²) < 4.78 is 0. The Morgan fingerprint density at radius 2 is 1.34 bits per heavy atom. The number of hydrogen-bond acceptors (Lipinski definition) is 6. The van der Waals surface area contributed by atoms with Crippen LogP contribution in [0.2, 0.25) is 0 Å². The lowest BCUT2D eigenvalue weighted by molar-refractivity contribution is -0.116. The van der Waals surface area contributed by atoms with E-state index in [-0.39, 0.29) is 11.6 Å². The van der Waals surface area contributed by atoms with Gasteiger partial charge in [-0.05, 0) is 71.3 Å². The van der Waals surface area contributed by atoms with E-state index in [1.165, 1.54) is 23.1 Å². The molecule has 0 aliphatic carbocycles. The van der Waals surface area contributed by atoms with Crippen LogP contribution in [0.4, 0.5) is 10.8 Å². The number of thioether (sulfide) groups is 1. The third kappa shape index (κ3) is 8.61. The van der Waals surface area contributed by atoms with E-state index in [1.54, 1.807) is 42.5 Å². The van der Waals surface area contributed by atoms with E-state index in [0.717, 1.165) is 42.9 Å². The lowest BCUT2D eigenvalue weighted by Crippen LogP contribution is -2.30. The second-order valence-corrected chi connectivity index (χ2v) is 14.5. The van der Waals surface area contributed by atoms with Gasteiger partial charge in [-0.2, -0.15) is 0 Å². The Morgan fingerprint density at radius 1 is 0.698 bits per heavy atom. The van der Waals surface area contributed by atoms with Gasteiger partial charge in [0.05, 0.1) is 5.69 Å². The van der Waals surface area contributed by atoms with Crippen LogP contribution < -0.4 is 16.0 Å². The standard InChI is InChI=1S/C44H34N4O3S2/c1-29-39(31-15-5-2-6-16-31)47-44(52-29)48-43(51)40(32-17-7-3-8-18-32)53-36-26-24-35(25-27-36)45-42(50)38(46-41(49)33-19-9-4-10-20-33)28-34-22-13-21-30-14-11-12-23-37(30)34/h2-28,40H,1H3,(H,45,50)(H,46,49)(H,47,48,51)/b38-28-. The molecule has 260 valence electrons. The smallest absolute Gasteiger partial charge is 0.272 e. The Bertz CT molecular complexity index is 2410. The minimum atomic E-state index is -0.565. The molecule has 1 heterocycles. The molecular weight excluding hydrogens is 697 g/mol. The fourth-order valence-electron chi connectivity index (χ4n) is 5.81. The average Bonchev–Trinajstić information content (AvgIpc) is 3.57. The van der Waals surface area contributed by atoms with E-state index in [4.69, 9.17) is 4.98 Å². The minimum Gasteiger partial charge on any atom is -0.321 e. The van der Waals surface area contributed by atoms with Crippen molar-refractivity contribution in [3.8, 4) is 11.3 Å². The van der Waals surface area contributed by atoms with Crippen molar-refractivity contribution in [3.63, 3.8) is 0 Å². The fourth-order valence-corrected chi connectivity index (χ4v) is 7.67. The highest BCUT2D eigenvalue weighted by Crippen LogP contribution is 2.38. The molecule has 1 unspecified atom stereocenters. The number of carbonyl (C=O) groups is 3. The van der Waals surface area contributed by atoms with E-state index < -0.39 is 17.1 Å². The predicted molar refractivity (Wildman–Crippen MR) is 217 cm³/mol. The van der Waals surface area contributed by atoms with Crippen molar-refractivity contribution in [1.29, 1.82) is 0 Å². The second kappa shape index (κ2) is 16.4. The third-order valence-corrected chi connectivity index (χ3v) is 10.6. The van der Waals surface area contributed by atoms with Crippen molar-refractivity contribution < 1.29 is 14.4 Å². The maximum Gasteiger partial charge on any atom is 0.272 e. The van der Waals surface area contributed by atoms with Gasteiger partial charge < -0.3 is 16.0 Å². The maximum atomic E-state index is 13.8. The summed E-state index contributed by atoms with van der Waals surface area (Å²) >= 11 is 2.85. The first-order valence-corrected chi connectivity index (χ1v) is 18.6. The summed E-state index contributed by atoms with van der Waals surface area (Å²) in [5, 5.41) is 10.8. The van der Waals surface area contributed by atoms with Crippen LogP contribution in [-0.4, -0.2) is 22.7 Å². The number of anilines is 2. The monoisotopic (exact) mass is 730 g/mol.